The molecule has 16 heteroatoms. The summed E-state index contributed by atoms with van der Waals surface area (Å²) in [6, 6.07) is 11.6. The van der Waals surface area contributed by atoms with E-state index in [0.29, 0.717) is 60.1 Å². The summed E-state index contributed by atoms with van der Waals surface area (Å²) in [5.41, 5.74) is 3.66. The number of tetrazole rings is 1. The first-order valence-corrected chi connectivity index (χ1v) is 17.6. The van der Waals surface area contributed by atoms with E-state index >= 15 is 0 Å². The van der Waals surface area contributed by atoms with Crippen LogP contribution in [0.25, 0.3) is 11.1 Å². The Balaban J connectivity index is 0.969. The Morgan fingerprint density at radius 3 is 2.47 bits per heavy atom. The minimum absolute atomic E-state index is 0.274. The summed E-state index contributed by atoms with van der Waals surface area (Å²) in [6.45, 7) is 4.40. The van der Waals surface area contributed by atoms with Crippen molar-refractivity contribution in [2.24, 2.45) is 7.05 Å². The van der Waals surface area contributed by atoms with Crippen LogP contribution in [-0.2, 0) is 24.9 Å². The van der Waals surface area contributed by atoms with E-state index in [-0.39, 0.29) is 12.1 Å². The van der Waals surface area contributed by atoms with Gasteiger partial charge in [-0.15, -0.1) is 10.2 Å². The minimum atomic E-state index is -0.274. The SMILES string of the molecule is C[C@@H](Cn1cnnn1)Oc1cc(-c2cnc(Nc3cn(C4CCC(N5[C@@H]6CC[C@H]5COC6)CC4)nc3OCc3ccnn3C)nc2)ccc1C#N. The molecule has 1 aromatic carbocycles. The average molecular weight is 692 g/mol. The normalized spacial score (nSPS) is 22.4. The molecule has 51 heavy (non-hydrogen) atoms. The molecule has 1 aliphatic carbocycles. The maximum atomic E-state index is 9.70. The fourth-order valence-electron chi connectivity index (χ4n) is 7.65. The minimum Gasteiger partial charge on any atom is -0.487 e. The van der Waals surface area contributed by atoms with Crippen LogP contribution in [-0.4, -0.2) is 92.1 Å². The molecule has 0 unspecified atom stereocenters. The topological polar surface area (TPSA) is 172 Å². The number of aromatic nitrogens is 10. The molecule has 3 aliphatic rings. The average Bonchev–Trinajstić information content (AvgIpc) is 3.95. The van der Waals surface area contributed by atoms with E-state index in [2.05, 4.69) is 51.6 Å². The molecule has 2 bridgehead atoms. The number of ether oxygens (including phenoxy) is 3. The summed E-state index contributed by atoms with van der Waals surface area (Å²) < 4.78 is 23.7. The molecule has 5 aromatic rings. The Hall–Kier alpha value is -5.40. The number of hydrogen-bond acceptors (Lipinski definition) is 13. The predicted octanol–water partition coefficient (Wildman–Crippen LogP) is 4.07. The summed E-state index contributed by atoms with van der Waals surface area (Å²) >= 11 is 0. The van der Waals surface area contributed by atoms with Crippen molar-refractivity contribution >= 4 is 11.6 Å². The summed E-state index contributed by atoms with van der Waals surface area (Å²) in [4.78, 5) is 12.0. The fourth-order valence-corrected chi connectivity index (χ4v) is 7.65. The van der Waals surface area contributed by atoms with Gasteiger partial charge in [-0.25, -0.2) is 14.6 Å². The number of benzene rings is 1. The van der Waals surface area contributed by atoms with Gasteiger partial charge in [-0.1, -0.05) is 6.07 Å². The van der Waals surface area contributed by atoms with Gasteiger partial charge in [0.1, 0.15) is 36.5 Å². The van der Waals surface area contributed by atoms with Gasteiger partial charge in [0.15, 0.2) is 0 Å². The first-order chi connectivity index (χ1) is 25.0. The maximum Gasteiger partial charge on any atom is 0.257 e. The van der Waals surface area contributed by atoms with Crippen LogP contribution in [0.15, 0.2) is 55.4 Å². The summed E-state index contributed by atoms with van der Waals surface area (Å²) in [7, 11) is 1.89. The van der Waals surface area contributed by atoms with Gasteiger partial charge in [-0.2, -0.15) is 10.4 Å². The molecule has 6 heterocycles. The number of aryl methyl sites for hydroxylation is 1. The molecule has 3 fully saturated rings. The van der Waals surface area contributed by atoms with Gasteiger partial charge in [0.05, 0.1) is 43.3 Å². The molecular weight excluding hydrogens is 650 g/mol. The molecule has 3 atom stereocenters. The number of anilines is 2. The molecule has 4 aromatic heterocycles. The van der Waals surface area contributed by atoms with E-state index in [1.807, 2.05) is 38.4 Å². The third-order valence-electron chi connectivity index (χ3n) is 10.2. The lowest BCUT2D eigenvalue weighted by molar-refractivity contribution is -0.0458. The van der Waals surface area contributed by atoms with Gasteiger partial charge < -0.3 is 19.5 Å². The molecule has 8 rings (SSSR count). The maximum absolute atomic E-state index is 9.70. The highest BCUT2D eigenvalue weighted by Gasteiger charge is 2.42. The predicted molar refractivity (Wildman–Crippen MR) is 184 cm³/mol. The highest BCUT2D eigenvalue weighted by atomic mass is 16.5. The molecule has 2 aliphatic heterocycles. The van der Waals surface area contributed by atoms with E-state index in [1.54, 1.807) is 34.0 Å². The van der Waals surface area contributed by atoms with Gasteiger partial charge in [0, 0.05) is 49.3 Å². The van der Waals surface area contributed by atoms with E-state index in [1.165, 1.54) is 19.2 Å². The molecule has 16 nitrogen and oxygen atoms in total. The lowest BCUT2D eigenvalue weighted by Crippen LogP contribution is -2.52. The molecule has 1 N–H and O–H groups in total. The lowest BCUT2D eigenvalue weighted by atomic mass is 9.89. The Bertz CT molecular complexity index is 1940. The van der Waals surface area contributed by atoms with Crippen LogP contribution in [0.1, 0.15) is 62.7 Å². The number of nitrogens with one attached hydrogen (secondary N) is 1. The van der Waals surface area contributed by atoms with E-state index < -0.39 is 0 Å². The summed E-state index contributed by atoms with van der Waals surface area (Å²) in [5, 5.41) is 33.5. The monoisotopic (exact) mass is 691 g/mol. The standard InChI is InChI=1S/C35H41N13O3/c1-23(17-46-22-39-43-44-46)51-33-13-24(3-4-25(33)14-36)26-15-37-35(38-16-26)41-32-18-47(42-34(32)50-21-29-11-12-40-45(29)2)27-5-7-28(8-6-27)48-30-9-10-31(48)20-49-19-30/h3-4,11-13,15-16,18,22-23,27-28,30-31H,5-10,17,19-21H2,1-2H3,(H,37,38,41)/t23-,27?,28?,30-,31+/m0/s1. The number of hydrogen-bond donors (Lipinski definition) is 1. The third-order valence-corrected chi connectivity index (χ3v) is 10.2. The first kappa shape index (κ1) is 32.8. The fraction of sp³-hybridized carbons (Fsp3) is 0.486. The molecule has 2 saturated heterocycles. The van der Waals surface area contributed by atoms with Gasteiger partial charge in [0.2, 0.25) is 5.95 Å². The summed E-state index contributed by atoms with van der Waals surface area (Å²) in [5.74, 6) is 1.36. The Morgan fingerprint density at radius 2 is 1.76 bits per heavy atom. The molecule has 1 saturated carbocycles. The van der Waals surface area contributed by atoms with Crippen molar-refractivity contribution in [3.8, 4) is 28.8 Å². The van der Waals surface area contributed by atoms with Crippen molar-refractivity contribution < 1.29 is 14.2 Å². The molecule has 0 radical (unpaired) electrons. The number of nitriles is 1. The second-order valence-corrected chi connectivity index (χ2v) is 13.6. The molecular formula is C35H41N13O3. The molecule has 0 amide bonds. The van der Waals surface area contributed by atoms with E-state index in [0.717, 1.165) is 55.7 Å². The zero-order chi connectivity index (χ0) is 34.7. The van der Waals surface area contributed by atoms with Crippen LogP contribution in [0, 0.1) is 11.3 Å². The molecule has 264 valence electrons. The van der Waals surface area contributed by atoms with Crippen molar-refractivity contribution in [1.29, 1.82) is 5.26 Å². The van der Waals surface area contributed by atoms with Gasteiger partial charge in [0.25, 0.3) is 5.88 Å². The summed E-state index contributed by atoms with van der Waals surface area (Å²) in [6.07, 6.45) is 15.4. The smallest absolute Gasteiger partial charge is 0.257 e. The number of nitrogens with zero attached hydrogens (tertiary/aromatic N) is 12. The van der Waals surface area contributed by atoms with Gasteiger partial charge in [-0.05, 0) is 79.6 Å². The van der Waals surface area contributed by atoms with Gasteiger partial charge >= 0.3 is 0 Å². The highest BCUT2D eigenvalue weighted by molar-refractivity contribution is 5.67. The highest BCUT2D eigenvalue weighted by Crippen LogP contribution is 2.39. The van der Waals surface area contributed by atoms with E-state index in [4.69, 9.17) is 19.3 Å². The van der Waals surface area contributed by atoms with Crippen molar-refractivity contribution in [3.63, 3.8) is 0 Å². The van der Waals surface area contributed by atoms with Crippen LogP contribution in [0.2, 0.25) is 0 Å². The number of fused-ring (bicyclic) bond motifs is 2. The van der Waals surface area contributed by atoms with Crippen LogP contribution in [0.4, 0.5) is 11.6 Å². The second-order valence-electron chi connectivity index (χ2n) is 13.6. The van der Waals surface area contributed by atoms with Crippen LogP contribution < -0.4 is 14.8 Å². The first-order valence-electron chi connectivity index (χ1n) is 17.6. The van der Waals surface area contributed by atoms with Crippen molar-refractivity contribution in [3.05, 3.63) is 66.6 Å². The van der Waals surface area contributed by atoms with Crippen LogP contribution in [0.3, 0.4) is 0 Å². The number of morpholine rings is 1. The van der Waals surface area contributed by atoms with E-state index in [9.17, 15) is 5.26 Å². The van der Waals surface area contributed by atoms with Crippen molar-refractivity contribution in [1.82, 2.24) is 54.6 Å². The quantitative estimate of drug-likeness (QED) is 0.199. The van der Waals surface area contributed by atoms with Crippen LogP contribution >= 0.6 is 0 Å². The Morgan fingerprint density at radius 1 is 1.00 bits per heavy atom. The third kappa shape index (κ3) is 7.12. The second kappa shape index (κ2) is 14.4. The van der Waals surface area contributed by atoms with Crippen molar-refractivity contribution in [2.75, 3.05) is 18.5 Å². The largest absolute Gasteiger partial charge is 0.487 e. The molecule has 0 spiro atoms. The zero-order valence-corrected chi connectivity index (χ0v) is 28.7. The zero-order valence-electron chi connectivity index (χ0n) is 28.7. The van der Waals surface area contributed by atoms with Crippen molar-refractivity contribution in [2.45, 2.75) is 88.9 Å². The van der Waals surface area contributed by atoms with Crippen LogP contribution in [0.5, 0.6) is 11.6 Å². The Labute approximate surface area is 295 Å². The lowest BCUT2D eigenvalue weighted by Gasteiger charge is -2.43. The van der Waals surface area contributed by atoms with Gasteiger partial charge in [-0.3, -0.25) is 14.3 Å². The Kier molecular flexibility index (Phi) is 9.29. The number of rotatable bonds is 12.